The van der Waals surface area contributed by atoms with Crippen LogP contribution in [0.15, 0.2) is 17.5 Å². The minimum absolute atomic E-state index is 0.796. The minimum atomic E-state index is 0.796. The van der Waals surface area contributed by atoms with E-state index >= 15 is 0 Å². The number of thiophene rings is 1. The molecule has 78 valence electrons. The molecule has 2 unspecified atom stereocenters. The van der Waals surface area contributed by atoms with E-state index in [0.29, 0.717) is 0 Å². The molecule has 1 aliphatic carbocycles. The summed E-state index contributed by atoms with van der Waals surface area (Å²) < 4.78 is 0. The van der Waals surface area contributed by atoms with Crippen LogP contribution in [-0.2, 0) is 6.42 Å². The zero-order valence-electron chi connectivity index (χ0n) is 8.42. The largest absolute Gasteiger partial charge is 0.149 e. The van der Waals surface area contributed by atoms with Gasteiger partial charge in [-0.25, -0.2) is 0 Å². The Balaban J connectivity index is 1.75. The molecular formula is C12H17BrS. The first kappa shape index (κ1) is 10.7. The van der Waals surface area contributed by atoms with E-state index in [9.17, 15) is 0 Å². The highest BCUT2D eigenvalue weighted by Crippen LogP contribution is 2.32. The lowest BCUT2D eigenvalue weighted by atomic mass is 9.86. The van der Waals surface area contributed by atoms with Crippen molar-refractivity contribution < 1.29 is 0 Å². The van der Waals surface area contributed by atoms with Gasteiger partial charge >= 0.3 is 0 Å². The molecule has 0 aliphatic heterocycles. The number of halogens is 1. The second-order valence-corrected chi connectivity index (χ2v) is 6.58. The van der Waals surface area contributed by atoms with Gasteiger partial charge in [-0.2, -0.15) is 0 Å². The van der Waals surface area contributed by atoms with Crippen LogP contribution in [0, 0.1) is 5.92 Å². The van der Waals surface area contributed by atoms with Crippen molar-refractivity contribution in [3.8, 4) is 0 Å². The maximum atomic E-state index is 3.75. The Morgan fingerprint density at radius 1 is 1.43 bits per heavy atom. The highest BCUT2D eigenvalue weighted by Gasteiger charge is 2.19. The molecule has 0 N–H and O–H groups in total. The van der Waals surface area contributed by atoms with E-state index in [4.69, 9.17) is 0 Å². The molecular weight excluding hydrogens is 256 g/mol. The molecule has 1 fully saturated rings. The first-order chi connectivity index (χ1) is 6.84. The Labute approximate surface area is 98.9 Å². The second-order valence-electron chi connectivity index (χ2n) is 4.25. The molecule has 1 aromatic heterocycles. The van der Waals surface area contributed by atoms with Crippen molar-refractivity contribution in [2.45, 2.75) is 43.4 Å². The van der Waals surface area contributed by atoms with E-state index < -0.39 is 0 Å². The number of hydrogen-bond acceptors (Lipinski definition) is 1. The Morgan fingerprint density at radius 2 is 2.36 bits per heavy atom. The van der Waals surface area contributed by atoms with E-state index in [1.807, 2.05) is 11.3 Å². The predicted octanol–water partition coefficient (Wildman–Crippen LogP) is 4.63. The van der Waals surface area contributed by atoms with Crippen molar-refractivity contribution in [2.24, 2.45) is 5.92 Å². The van der Waals surface area contributed by atoms with Crippen molar-refractivity contribution >= 4 is 27.3 Å². The van der Waals surface area contributed by atoms with Crippen LogP contribution in [0.5, 0.6) is 0 Å². The maximum absolute atomic E-state index is 3.75. The SMILES string of the molecule is BrC1CCCC(CCc2cccs2)C1. The number of hydrogen-bond donors (Lipinski definition) is 0. The molecule has 1 saturated carbocycles. The molecule has 2 heteroatoms. The molecule has 0 bridgehead atoms. The Kier molecular flexibility index (Phi) is 4.06. The van der Waals surface area contributed by atoms with Gasteiger partial charge in [-0.3, -0.25) is 0 Å². The van der Waals surface area contributed by atoms with Gasteiger partial charge in [-0.1, -0.05) is 34.8 Å². The Morgan fingerprint density at radius 3 is 3.07 bits per heavy atom. The van der Waals surface area contributed by atoms with Crippen LogP contribution < -0.4 is 0 Å². The summed E-state index contributed by atoms with van der Waals surface area (Å²) in [6, 6.07) is 4.42. The first-order valence-electron chi connectivity index (χ1n) is 5.51. The molecule has 2 atom stereocenters. The van der Waals surface area contributed by atoms with Crippen LogP contribution in [0.25, 0.3) is 0 Å². The van der Waals surface area contributed by atoms with Gasteiger partial charge in [-0.15, -0.1) is 11.3 Å². The van der Waals surface area contributed by atoms with Crippen LogP contribution in [0.4, 0.5) is 0 Å². The highest BCUT2D eigenvalue weighted by atomic mass is 79.9. The van der Waals surface area contributed by atoms with Gasteiger partial charge in [0.15, 0.2) is 0 Å². The quantitative estimate of drug-likeness (QED) is 0.704. The van der Waals surface area contributed by atoms with Crippen LogP contribution >= 0.6 is 27.3 Å². The average molecular weight is 273 g/mol. The molecule has 0 radical (unpaired) electrons. The van der Waals surface area contributed by atoms with E-state index in [1.54, 1.807) is 4.88 Å². The first-order valence-corrected chi connectivity index (χ1v) is 7.30. The molecule has 1 heterocycles. The molecule has 0 saturated heterocycles. The molecule has 0 nitrogen and oxygen atoms in total. The third-order valence-electron chi connectivity index (χ3n) is 3.10. The molecule has 0 amide bonds. The fraction of sp³-hybridized carbons (Fsp3) is 0.667. The van der Waals surface area contributed by atoms with Crippen molar-refractivity contribution in [2.75, 3.05) is 0 Å². The van der Waals surface area contributed by atoms with Gasteiger partial charge in [0.25, 0.3) is 0 Å². The minimum Gasteiger partial charge on any atom is -0.149 e. The van der Waals surface area contributed by atoms with E-state index in [1.165, 1.54) is 38.5 Å². The third-order valence-corrected chi connectivity index (χ3v) is 4.87. The normalized spacial score (nSPS) is 27.8. The lowest BCUT2D eigenvalue weighted by Gasteiger charge is -2.25. The summed E-state index contributed by atoms with van der Waals surface area (Å²) in [5.74, 6) is 0.968. The topological polar surface area (TPSA) is 0 Å². The Hall–Kier alpha value is 0.180. The molecule has 14 heavy (non-hydrogen) atoms. The summed E-state index contributed by atoms with van der Waals surface area (Å²) in [7, 11) is 0. The van der Waals surface area contributed by atoms with Crippen molar-refractivity contribution in [1.82, 2.24) is 0 Å². The second kappa shape index (κ2) is 5.32. The number of rotatable bonds is 3. The van der Waals surface area contributed by atoms with Crippen LogP contribution in [0.1, 0.15) is 37.0 Å². The summed E-state index contributed by atoms with van der Waals surface area (Å²) >= 11 is 5.65. The average Bonchev–Trinajstić information content (AvgIpc) is 2.67. The lowest BCUT2D eigenvalue weighted by Crippen LogP contribution is -2.15. The molecule has 0 spiro atoms. The monoisotopic (exact) mass is 272 g/mol. The van der Waals surface area contributed by atoms with Gasteiger partial charge in [-0.05, 0) is 43.0 Å². The smallest absolute Gasteiger partial charge is 0.0148 e. The third kappa shape index (κ3) is 3.09. The van der Waals surface area contributed by atoms with E-state index in [-0.39, 0.29) is 0 Å². The summed E-state index contributed by atoms with van der Waals surface area (Å²) in [5.41, 5.74) is 0. The maximum Gasteiger partial charge on any atom is 0.0148 e. The summed E-state index contributed by atoms with van der Waals surface area (Å²) in [5, 5.41) is 2.18. The predicted molar refractivity (Wildman–Crippen MR) is 67.3 cm³/mol. The van der Waals surface area contributed by atoms with Crippen LogP contribution in [-0.4, -0.2) is 4.83 Å². The number of aryl methyl sites for hydroxylation is 1. The van der Waals surface area contributed by atoms with Crippen molar-refractivity contribution in [3.63, 3.8) is 0 Å². The van der Waals surface area contributed by atoms with Gasteiger partial charge in [0.05, 0.1) is 0 Å². The fourth-order valence-electron chi connectivity index (χ4n) is 2.29. The molecule has 0 aromatic carbocycles. The number of alkyl halides is 1. The standard InChI is InChI=1S/C12H17BrS/c13-11-4-1-3-10(9-11)6-7-12-5-2-8-14-12/h2,5,8,10-11H,1,3-4,6-7,9H2. The fourth-order valence-corrected chi connectivity index (χ4v) is 3.87. The van der Waals surface area contributed by atoms with E-state index in [2.05, 4.69) is 33.4 Å². The zero-order chi connectivity index (χ0) is 9.80. The molecule has 2 rings (SSSR count). The van der Waals surface area contributed by atoms with Gasteiger partial charge in [0, 0.05) is 9.70 Å². The van der Waals surface area contributed by atoms with E-state index in [0.717, 1.165) is 10.7 Å². The Bertz CT molecular complexity index is 255. The van der Waals surface area contributed by atoms with Gasteiger partial charge in [0.1, 0.15) is 0 Å². The molecule has 1 aromatic rings. The van der Waals surface area contributed by atoms with Gasteiger partial charge in [0.2, 0.25) is 0 Å². The molecule has 1 aliphatic rings. The summed E-state index contributed by atoms with van der Waals surface area (Å²) in [6.45, 7) is 0. The zero-order valence-corrected chi connectivity index (χ0v) is 10.8. The van der Waals surface area contributed by atoms with Crippen molar-refractivity contribution in [3.05, 3.63) is 22.4 Å². The highest BCUT2D eigenvalue weighted by molar-refractivity contribution is 9.09. The van der Waals surface area contributed by atoms with Gasteiger partial charge < -0.3 is 0 Å². The summed E-state index contributed by atoms with van der Waals surface area (Å²) in [4.78, 5) is 2.35. The lowest BCUT2D eigenvalue weighted by molar-refractivity contribution is 0.350. The van der Waals surface area contributed by atoms with Crippen LogP contribution in [0.2, 0.25) is 0 Å². The van der Waals surface area contributed by atoms with Crippen LogP contribution in [0.3, 0.4) is 0 Å². The summed E-state index contributed by atoms with van der Waals surface area (Å²) in [6.07, 6.45) is 8.34. The van der Waals surface area contributed by atoms with Crippen molar-refractivity contribution in [1.29, 1.82) is 0 Å².